The number of imidazole rings is 1. The number of nitrogens with one attached hydrogen (secondary N) is 1. The molecule has 0 bridgehead atoms. The Balaban J connectivity index is 1.94. The Labute approximate surface area is 127 Å². The Hall–Kier alpha value is -2.85. The molecule has 3 aromatic rings. The van der Waals surface area contributed by atoms with Crippen LogP contribution < -0.4 is 4.72 Å². The maximum absolute atomic E-state index is 12.4. The molecule has 110 valence electrons. The van der Waals surface area contributed by atoms with E-state index in [4.69, 9.17) is 5.26 Å². The molecular weight excluding hydrogens is 300 g/mol. The minimum atomic E-state index is -3.70. The molecule has 0 aliphatic heterocycles. The molecule has 0 amide bonds. The maximum atomic E-state index is 12.4. The maximum Gasteiger partial charge on any atom is 0.261 e. The number of nitriles is 1. The lowest BCUT2D eigenvalue weighted by Crippen LogP contribution is -2.12. The van der Waals surface area contributed by atoms with Crippen LogP contribution in [0.4, 0.5) is 5.69 Å². The molecule has 1 N–H and O–H groups in total. The lowest BCUT2D eigenvalue weighted by atomic mass is 10.2. The summed E-state index contributed by atoms with van der Waals surface area (Å²) in [6.45, 7) is 0. The van der Waals surface area contributed by atoms with Gasteiger partial charge in [0.15, 0.2) is 0 Å². The Morgan fingerprint density at radius 3 is 2.59 bits per heavy atom. The number of aromatic nitrogens is 2. The number of benzene rings is 2. The predicted molar refractivity (Wildman–Crippen MR) is 82.7 cm³/mol. The van der Waals surface area contributed by atoms with E-state index in [-0.39, 0.29) is 4.90 Å². The Kier molecular flexibility index (Phi) is 3.31. The fourth-order valence-electron chi connectivity index (χ4n) is 2.11. The first-order chi connectivity index (χ1) is 10.5. The van der Waals surface area contributed by atoms with Crippen LogP contribution in [-0.4, -0.2) is 18.0 Å². The molecule has 22 heavy (non-hydrogen) atoms. The van der Waals surface area contributed by atoms with Crippen molar-refractivity contribution in [1.29, 1.82) is 5.26 Å². The third-order valence-corrected chi connectivity index (χ3v) is 4.65. The van der Waals surface area contributed by atoms with Gasteiger partial charge in [0.25, 0.3) is 10.0 Å². The third kappa shape index (κ3) is 2.52. The number of hydrogen-bond acceptors (Lipinski definition) is 4. The standard InChI is InChI=1S/C15H12N4O2S/c1-19-10-17-14-8-13(6-7-15(14)19)22(20,21)18-12-4-2-11(9-16)3-5-12/h2-8,10,18H,1H3. The van der Waals surface area contributed by atoms with Crippen LogP contribution in [0.3, 0.4) is 0 Å². The van der Waals surface area contributed by atoms with Gasteiger partial charge in [-0.3, -0.25) is 4.72 Å². The van der Waals surface area contributed by atoms with Gasteiger partial charge in [-0.25, -0.2) is 13.4 Å². The fourth-order valence-corrected chi connectivity index (χ4v) is 3.19. The summed E-state index contributed by atoms with van der Waals surface area (Å²) in [4.78, 5) is 4.30. The van der Waals surface area contributed by atoms with E-state index in [1.54, 1.807) is 36.7 Å². The SMILES string of the molecule is Cn1cnc2cc(S(=O)(=O)Nc3ccc(C#N)cc3)ccc21. The highest BCUT2D eigenvalue weighted by Crippen LogP contribution is 2.20. The molecule has 0 spiro atoms. The van der Waals surface area contributed by atoms with Gasteiger partial charge in [0, 0.05) is 12.7 Å². The summed E-state index contributed by atoms with van der Waals surface area (Å²) >= 11 is 0. The van der Waals surface area contributed by atoms with Crippen LogP contribution in [0.1, 0.15) is 5.56 Å². The first kappa shape index (κ1) is 14.1. The topological polar surface area (TPSA) is 87.8 Å². The molecule has 1 heterocycles. The normalized spacial score (nSPS) is 11.3. The van der Waals surface area contributed by atoms with Crippen molar-refractivity contribution in [2.45, 2.75) is 4.90 Å². The summed E-state index contributed by atoms with van der Waals surface area (Å²) in [7, 11) is -1.85. The molecule has 0 radical (unpaired) electrons. The molecule has 1 aromatic heterocycles. The van der Waals surface area contributed by atoms with Gasteiger partial charge >= 0.3 is 0 Å². The van der Waals surface area contributed by atoms with E-state index in [0.717, 1.165) is 5.52 Å². The van der Waals surface area contributed by atoms with Crippen molar-refractivity contribution < 1.29 is 8.42 Å². The molecule has 0 saturated heterocycles. The van der Waals surface area contributed by atoms with Gasteiger partial charge in [-0.05, 0) is 42.5 Å². The van der Waals surface area contributed by atoms with E-state index >= 15 is 0 Å². The summed E-state index contributed by atoms with van der Waals surface area (Å²) in [5, 5.41) is 8.74. The molecule has 0 unspecified atom stereocenters. The van der Waals surface area contributed by atoms with Crippen LogP contribution in [0.2, 0.25) is 0 Å². The van der Waals surface area contributed by atoms with Crippen LogP contribution in [0.5, 0.6) is 0 Å². The van der Waals surface area contributed by atoms with Crippen LogP contribution in [0.25, 0.3) is 11.0 Å². The second kappa shape index (κ2) is 5.16. The zero-order chi connectivity index (χ0) is 15.7. The quantitative estimate of drug-likeness (QED) is 0.803. The molecule has 7 heteroatoms. The van der Waals surface area contributed by atoms with E-state index in [1.165, 1.54) is 12.1 Å². The summed E-state index contributed by atoms with van der Waals surface area (Å²) in [6.07, 6.45) is 1.63. The number of anilines is 1. The van der Waals surface area contributed by atoms with Crippen molar-refractivity contribution >= 4 is 26.7 Å². The number of rotatable bonds is 3. The Morgan fingerprint density at radius 2 is 1.91 bits per heavy atom. The third-order valence-electron chi connectivity index (χ3n) is 3.27. The second-order valence-electron chi connectivity index (χ2n) is 4.80. The van der Waals surface area contributed by atoms with Gasteiger partial charge in [0.2, 0.25) is 0 Å². The molecule has 2 aromatic carbocycles. The second-order valence-corrected chi connectivity index (χ2v) is 6.48. The summed E-state index contributed by atoms with van der Waals surface area (Å²) in [6, 6.07) is 13.0. The molecule has 0 aliphatic rings. The van der Waals surface area contributed by atoms with E-state index in [9.17, 15) is 8.42 Å². The van der Waals surface area contributed by atoms with Gasteiger partial charge in [-0.15, -0.1) is 0 Å². The predicted octanol–water partition coefficient (Wildman–Crippen LogP) is 2.25. The lowest BCUT2D eigenvalue weighted by molar-refractivity contribution is 0.601. The first-order valence-electron chi connectivity index (χ1n) is 6.44. The van der Waals surface area contributed by atoms with E-state index in [0.29, 0.717) is 16.8 Å². The highest BCUT2D eigenvalue weighted by molar-refractivity contribution is 7.92. The number of hydrogen-bond donors (Lipinski definition) is 1. The van der Waals surface area contributed by atoms with E-state index < -0.39 is 10.0 Å². The van der Waals surface area contributed by atoms with Crippen molar-refractivity contribution in [1.82, 2.24) is 9.55 Å². The fraction of sp³-hybridized carbons (Fsp3) is 0.0667. The van der Waals surface area contributed by atoms with Crippen molar-refractivity contribution in [3.05, 3.63) is 54.4 Å². The largest absolute Gasteiger partial charge is 0.334 e. The minimum absolute atomic E-state index is 0.142. The van der Waals surface area contributed by atoms with Gasteiger partial charge in [0.1, 0.15) is 0 Å². The number of nitrogens with zero attached hydrogens (tertiary/aromatic N) is 3. The van der Waals surface area contributed by atoms with Crippen LogP contribution >= 0.6 is 0 Å². The average Bonchev–Trinajstić information content (AvgIpc) is 2.89. The highest BCUT2D eigenvalue weighted by Gasteiger charge is 2.15. The van der Waals surface area contributed by atoms with Crippen LogP contribution in [0, 0.1) is 11.3 Å². The van der Waals surface area contributed by atoms with E-state index in [2.05, 4.69) is 9.71 Å². The molecular formula is C15H12N4O2S. The van der Waals surface area contributed by atoms with Crippen molar-refractivity contribution in [3.8, 4) is 6.07 Å². The number of fused-ring (bicyclic) bond motifs is 1. The summed E-state index contributed by atoms with van der Waals surface area (Å²) in [5.74, 6) is 0. The number of aryl methyl sites for hydroxylation is 1. The smallest absolute Gasteiger partial charge is 0.261 e. The molecule has 0 fully saturated rings. The summed E-state index contributed by atoms with van der Waals surface area (Å²) in [5.41, 5.74) is 2.35. The van der Waals surface area contributed by atoms with Crippen LogP contribution in [-0.2, 0) is 17.1 Å². The lowest BCUT2D eigenvalue weighted by Gasteiger charge is -2.08. The zero-order valence-electron chi connectivity index (χ0n) is 11.7. The number of sulfonamides is 1. The molecule has 3 rings (SSSR count). The molecule has 0 saturated carbocycles. The monoisotopic (exact) mass is 312 g/mol. The van der Waals surface area contributed by atoms with Crippen molar-refractivity contribution in [3.63, 3.8) is 0 Å². The van der Waals surface area contributed by atoms with Crippen molar-refractivity contribution in [2.75, 3.05) is 4.72 Å². The minimum Gasteiger partial charge on any atom is -0.334 e. The van der Waals surface area contributed by atoms with Gasteiger partial charge in [0.05, 0.1) is 33.9 Å². The van der Waals surface area contributed by atoms with Crippen molar-refractivity contribution in [2.24, 2.45) is 7.05 Å². The zero-order valence-corrected chi connectivity index (χ0v) is 12.5. The molecule has 0 atom stereocenters. The highest BCUT2D eigenvalue weighted by atomic mass is 32.2. The van der Waals surface area contributed by atoms with Crippen LogP contribution in [0.15, 0.2) is 53.7 Å². The van der Waals surface area contributed by atoms with Gasteiger partial charge in [-0.1, -0.05) is 0 Å². The average molecular weight is 312 g/mol. The first-order valence-corrected chi connectivity index (χ1v) is 7.92. The molecule has 6 nitrogen and oxygen atoms in total. The Bertz CT molecular complexity index is 983. The Morgan fingerprint density at radius 1 is 1.18 bits per heavy atom. The summed E-state index contributed by atoms with van der Waals surface area (Å²) < 4.78 is 29.1. The van der Waals surface area contributed by atoms with E-state index in [1.807, 2.05) is 17.7 Å². The van der Waals surface area contributed by atoms with Gasteiger partial charge in [-0.2, -0.15) is 5.26 Å². The molecule has 0 aliphatic carbocycles. The van der Waals surface area contributed by atoms with Gasteiger partial charge < -0.3 is 4.57 Å².